The molecule has 3 atom stereocenters. The van der Waals surface area contributed by atoms with Gasteiger partial charge in [-0.05, 0) is 26.3 Å². The van der Waals surface area contributed by atoms with E-state index in [0.29, 0.717) is 5.56 Å². The quantitative estimate of drug-likeness (QED) is 0.671. The van der Waals surface area contributed by atoms with E-state index in [2.05, 4.69) is 15.9 Å². The van der Waals surface area contributed by atoms with Crippen LogP contribution in [0.3, 0.4) is 0 Å². The van der Waals surface area contributed by atoms with Crippen LogP contribution in [0, 0.1) is 5.92 Å². The first-order chi connectivity index (χ1) is 9.31. The van der Waals surface area contributed by atoms with E-state index in [-0.39, 0.29) is 25.2 Å². The lowest BCUT2D eigenvalue weighted by Gasteiger charge is -2.42. The normalized spacial score (nSPS) is 34.0. The summed E-state index contributed by atoms with van der Waals surface area (Å²) in [7, 11) is 0. The Morgan fingerprint density at radius 3 is 2.90 bits per heavy atom. The first kappa shape index (κ1) is 15.3. The van der Waals surface area contributed by atoms with E-state index in [1.807, 2.05) is 0 Å². The summed E-state index contributed by atoms with van der Waals surface area (Å²) in [6.07, 6.45) is 2.78. The minimum Gasteiger partial charge on any atom is -0.472 e. The molecule has 20 heavy (non-hydrogen) atoms. The third kappa shape index (κ3) is 2.54. The van der Waals surface area contributed by atoms with E-state index in [0.717, 1.165) is 0 Å². The number of rotatable bonds is 3. The molecular weight excluding hydrogens is 328 g/mol. The van der Waals surface area contributed by atoms with Crippen LogP contribution >= 0.6 is 15.9 Å². The van der Waals surface area contributed by atoms with Gasteiger partial charge in [-0.2, -0.15) is 0 Å². The van der Waals surface area contributed by atoms with E-state index in [1.165, 1.54) is 12.5 Å². The second-order valence-corrected chi connectivity index (χ2v) is 6.99. The van der Waals surface area contributed by atoms with E-state index in [9.17, 15) is 14.7 Å². The summed E-state index contributed by atoms with van der Waals surface area (Å²) in [6, 6.07) is 1.57. The predicted molar refractivity (Wildman–Crippen MR) is 74.3 cm³/mol. The summed E-state index contributed by atoms with van der Waals surface area (Å²) < 4.78 is 9.18. The molecular formula is C14H17BrO5. The molecule has 0 unspecified atom stereocenters. The Balaban J connectivity index is 2.41. The average molecular weight is 345 g/mol. The molecule has 5 nitrogen and oxygen atoms in total. The van der Waals surface area contributed by atoms with Gasteiger partial charge >= 0.3 is 5.97 Å². The van der Waals surface area contributed by atoms with Gasteiger partial charge in [0.25, 0.3) is 0 Å². The molecule has 2 rings (SSSR count). The second kappa shape index (κ2) is 5.33. The van der Waals surface area contributed by atoms with Crippen LogP contribution in [0.4, 0.5) is 0 Å². The highest BCUT2D eigenvalue weighted by molar-refractivity contribution is 9.10. The molecule has 6 heteroatoms. The maximum absolute atomic E-state index is 12.2. The lowest BCUT2D eigenvalue weighted by atomic mass is 9.68. The molecule has 0 spiro atoms. The molecule has 0 radical (unpaired) electrons. The van der Waals surface area contributed by atoms with Gasteiger partial charge in [0, 0.05) is 12.0 Å². The Kier molecular flexibility index (Phi) is 4.07. The minimum atomic E-state index is -1.58. The van der Waals surface area contributed by atoms with Crippen LogP contribution in [0.15, 0.2) is 23.0 Å². The molecule has 1 aromatic heterocycles. The van der Waals surface area contributed by atoms with Crippen molar-refractivity contribution >= 4 is 27.7 Å². The molecule has 0 amide bonds. The Bertz CT molecular complexity index is 508. The zero-order valence-electron chi connectivity index (χ0n) is 11.4. The van der Waals surface area contributed by atoms with Crippen LogP contribution in [0.25, 0.3) is 0 Å². The largest absolute Gasteiger partial charge is 0.472 e. The molecule has 1 N–H and O–H groups in total. The summed E-state index contributed by atoms with van der Waals surface area (Å²) in [5.74, 6) is -1.47. The van der Waals surface area contributed by atoms with E-state index < -0.39 is 21.8 Å². The Labute approximate surface area is 125 Å². The molecule has 0 bridgehead atoms. The zero-order valence-corrected chi connectivity index (χ0v) is 13.0. The van der Waals surface area contributed by atoms with Crippen molar-refractivity contribution in [2.75, 3.05) is 6.61 Å². The lowest BCUT2D eigenvalue weighted by Crippen LogP contribution is -2.53. The summed E-state index contributed by atoms with van der Waals surface area (Å²) in [6.45, 7) is 3.64. The van der Waals surface area contributed by atoms with Gasteiger partial charge in [0.1, 0.15) is 5.60 Å². The number of hydrogen-bond acceptors (Lipinski definition) is 5. The van der Waals surface area contributed by atoms with Crippen LogP contribution in [-0.4, -0.2) is 27.8 Å². The van der Waals surface area contributed by atoms with Crippen molar-refractivity contribution in [3.8, 4) is 0 Å². The van der Waals surface area contributed by atoms with Crippen LogP contribution < -0.4 is 0 Å². The van der Waals surface area contributed by atoms with Crippen molar-refractivity contribution < 1.29 is 23.8 Å². The topological polar surface area (TPSA) is 76.7 Å². The van der Waals surface area contributed by atoms with Crippen molar-refractivity contribution in [1.29, 1.82) is 0 Å². The summed E-state index contributed by atoms with van der Waals surface area (Å²) >= 11 is 3.34. The van der Waals surface area contributed by atoms with Gasteiger partial charge in [-0.3, -0.25) is 9.59 Å². The number of ether oxygens (including phenoxy) is 1. The standard InChI is InChI=1S/C14H17BrO5/c1-3-20-12(17)10-6-13(2,15)11(16)7-14(10,18)9-4-5-19-8-9/h4-5,8,10,18H,3,6-7H2,1-2H3/t10-,13-,14+/m0/s1. The fraction of sp³-hybridized carbons (Fsp3) is 0.571. The number of esters is 1. The summed E-state index contributed by atoms with van der Waals surface area (Å²) in [5, 5.41) is 10.9. The highest BCUT2D eigenvalue weighted by Crippen LogP contribution is 2.47. The van der Waals surface area contributed by atoms with Gasteiger partial charge in [0.15, 0.2) is 5.78 Å². The SMILES string of the molecule is CCOC(=O)[C@@H]1C[C@](C)(Br)C(=O)C[C@@]1(O)c1ccoc1. The molecule has 0 saturated heterocycles. The monoisotopic (exact) mass is 344 g/mol. The maximum Gasteiger partial charge on any atom is 0.312 e. The van der Waals surface area contributed by atoms with Crippen molar-refractivity contribution in [3.05, 3.63) is 24.2 Å². The van der Waals surface area contributed by atoms with Crippen LogP contribution in [-0.2, 0) is 19.9 Å². The Morgan fingerprint density at radius 1 is 1.65 bits per heavy atom. The van der Waals surface area contributed by atoms with E-state index in [1.54, 1.807) is 19.9 Å². The van der Waals surface area contributed by atoms with Gasteiger partial charge in [0.05, 0.1) is 29.4 Å². The first-order valence-electron chi connectivity index (χ1n) is 6.45. The van der Waals surface area contributed by atoms with Crippen molar-refractivity contribution in [3.63, 3.8) is 0 Å². The Hall–Kier alpha value is -1.14. The molecule has 1 heterocycles. The molecule has 0 aliphatic heterocycles. The number of halogens is 1. The summed E-state index contributed by atoms with van der Waals surface area (Å²) in [4.78, 5) is 24.3. The van der Waals surface area contributed by atoms with Gasteiger partial charge in [0.2, 0.25) is 0 Å². The first-order valence-corrected chi connectivity index (χ1v) is 7.24. The van der Waals surface area contributed by atoms with Crippen LogP contribution in [0.1, 0.15) is 32.3 Å². The van der Waals surface area contributed by atoms with Crippen molar-refractivity contribution in [2.24, 2.45) is 5.92 Å². The van der Waals surface area contributed by atoms with Crippen molar-refractivity contribution in [2.45, 2.75) is 36.6 Å². The van der Waals surface area contributed by atoms with Gasteiger partial charge in [-0.1, -0.05) is 15.9 Å². The van der Waals surface area contributed by atoms with E-state index in [4.69, 9.17) is 9.15 Å². The molecule has 1 aliphatic rings. The maximum atomic E-state index is 12.2. The number of furan rings is 1. The highest BCUT2D eigenvalue weighted by Gasteiger charge is 2.55. The smallest absolute Gasteiger partial charge is 0.312 e. The molecule has 1 fully saturated rings. The van der Waals surface area contributed by atoms with Gasteiger partial charge in [-0.25, -0.2) is 0 Å². The molecule has 1 aromatic rings. The summed E-state index contributed by atoms with van der Waals surface area (Å²) in [5.41, 5.74) is -1.16. The number of carbonyl (C=O) groups excluding carboxylic acids is 2. The number of ketones is 1. The van der Waals surface area contributed by atoms with Gasteiger partial charge < -0.3 is 14.3 Å². The fourth-order valence-corrected chi connectivity index (χ4v) is 3.02. The number of hydrogen-bond donors (Lipinski definition) is 1. The fourth-order valence-electron chi connectivity index (χ4n) is 2.55. The average Bonchev–Trinajstić information content (AvgIpc) is 2.89. The minimum absolute atomic E-state index is 0.151. The zero-order chi connectivity index (χ0) is 15.0. The number of carbonyl (C=O) groups is 2. The third-order valence-corrected chi connectivity index (χ3v) is 4.53. The number of alkyl halides is 1. The molecule has 1 saturated carbocycles. The molecule has 110 valence electrons. The molecule has 0 aromatic carbocycles. The van der Waals surface area contributed by atoms with Crippen LogP contribution in [0.5, 0.6) is 0 Å². The predicted octanol–water partition coefficient (Wildman–Crippen LogP) is 2.16. The number of aliphatic hydroxyl groups is 1. The Morgan fingerprint density at radius 2 is 2.35 bits per heavy atom. The lowest BCUT2D eigenvalue weighted by molar-refractivity contribution is -0.166. The highest BCUT2D eigenvalue weighted by atomic mass is 79.9. The van der Waals surface area contributed by atoms with Gasteiger partial charge in [-0.15, -0.1) is 0 Å². The van der Waals surface area contributed by atoms with E-state index >= 15 is 0 Å². The third-order valence-electron chi connectivity index (χ3n) is 3.77. The number of Topliss-reactive ketones (excluding diaryl/α,β-unsaturated/α-hetero) is 1. The second-order valence-electron chi connectivity index (χ2n) is 5.24. The molecule has 1 aliphatic carbocycles. The van der Waals surface area contributed by atoms with Crippen LogP contribution in [0.2, 0.25) is 0 Å². The van der Waals surface area contributed by atoms with Crippen molar-refractivity contribution in [1.82, 2.24) is 0 Å².